The fourth-order valence-corrected chi connectivity index (χ4v) is 2.71. The molecule has 1 aliphatic rings. The van der Waals surface area contributed by atoms with Crippen LogP contribution in [0.2, 0.25) is 0 Å². The highest BCUT2D eigenvalue weighted by atomic mass is 16.5. The molecule has 0 N–H and O–H groups in total. The summed E-state index contributed by atoms with van der Waals surface area (Å²) in [4.78, 5) is 12.4. The maximum atomic E-state index is 12.4. The summed E-state index contributed by atoms with van der Waals surface area (Å²) < 4.78 is 5.34. The zero-order chi connectivity index (χ0) is 12.8. The molecule has 2 nitrogen and oxygen atoms in total. The van der Waals surface area contributed by atoms with Crippen LogP contribution in [0, 0.1) is 5.92 Å². The predicted octanol–water partition coefficient (Wildman–Crippen LogP) is 3.57. The Morgan fingerprint density at radius 2 is 1.94 bits per heavy atom. The number of ether oxygens (including phenoxy) is 1. The van der Waals surface area contributed by atoms with E-state index in [-0.39, 0.29) is 5.92 Å². The summed E-state index contributed by atoms with van der Waals surface area (Å²) in [6.45, 7) is 3.74. The van der Waals surface area contributed by atoms with E-state index in [0.29, 0.717) is 11.7 Å². The van der Waals surface area contributed by atoms with Gasteiger partial charge in [0, 0.05) is 25.6 Å². The Balaban J connectivity index is 1.97. The lowest BCUT2D eigenvalue weighted by Crippen LogP contribution is -2.21. The summed E-state index contributed by atoms with van der Waals surface area (Å²) in [6.07, 6.45) is 3.69. The van der Waals surface area contributed by atoms with Crippen LogP contribution < -0.4 is 0 Å². The Kier molecular flexibility index (Phi) is 4.94. The second kappa shape index (κ2) is 6.69. The van der Waals surface area contributed by atoms with E-state index < -0.39 is 0 Å². The Labute approximate surface area is 109 Å². The molecule has 1 saturated heterocycles. The lowest BCUT2D eigenvalue weighted by Gasteiger charge is -2.23. The minimum atomic E-state index is 0.0778. The van der Waals surface area contributed by atoms with Gasteiger partial charge in [0.1, 0.15) is 5.78 Å². The van der Waals surface area contributed by atoms with Gasteiger partial charge < -0.3 is 4.74 Å². The van der Waals surface area contributed by atoms with Crippen LogP contribution in [0.3, 0.4) is 0 Å². The molecule has 98 valence electrons. The molecule has 0 spiro atoms. The van der Waals surface area contributed by atoms with E-state index in [1.165, 1.54) is 0 Å². The summed E-state index contributed by atoms with van der Waals surface area (Å²) in [7, 11) is 0. The van der Waals surface area contributed by atoms with Gasteiger partial charge in [-0.05, 0) is 30.7 Å². The van der Waals surface area contributed by atoms with E-state index in [9.17, 15) is 4.79 Å². The van der Waals surface area contributed by atoms with Crippen molar-refractivity contribution in [3.8, 4) is 0 Å². The molecule has 2 rings (SSSR count). The Morgan fingerprint density at radius 3 is 2.56 bits per heavy atom. The van der Waals surface area contributed by atoms with Crippen molar-refractivity contribution in [1.29, 1.82) is 0 Å². The van der Waals surface area contributed by atoms with E-state index in [1.807, 2.05) is 18.2 Å². The van der Waals surface area contributed by atoms with Gasteiger partial charge in [-0.3, -0.25) is 4.79 Å². The molecule has 1 aliphatic heterocycles. The van der Waals surface area contributed by atoms with Crippen molar-refractivity contribution in [1.82, 2.24) is 0 Å². The van der Waals surface area contributed by atoms with Gasteiger partial charge in [0.15, 0.2) is 0 Å². The molecule has 1 atom stereocenters. The molecule has 0 amide bonds. The quantitative estimate of drug-likeness (QED) is 0.794. The monoisotopic (exact) mass is 246 g/mol. The number of hydrogen-bond donors (Lipinski definition) is 0. The van der Waals surface area contributed by atoms with E-state index in [0.717, 1.165) is 44.5 Å². The maximum absolute atomic E-state index is 12.4. The molecule has 2 heteroatoms. The molecule has 1 heterocycles. The third-order valence-electron chi connectivity index (χ3n) is 3.83. The molecule has 0 radical (unpaired) electrons. The largest absolute Gasteiger partial charge is 0.381 e. The molecule has 0 aliphatic carbocycles. The lowest BCUT2D eigenvalue weighted by atomic mass is 9.85. The number of hydrogen-bond acceptors (Lipinski definition) is 2. The van der Waals surface area contributed by atoms with E-state index in [2.05, 4.69) is 19.1 Å². The Morgan fingerprint density at radius 1 is 1.28 bits per heavy atom. The Bertz CT molecular complexity index is 366. The van der Waals surface area contributed by atoms with Gasteiger partial charge in [0.05, 0.1) is 0 Å². The molecule has 1 fully saturated rings. The SMILES string of the molecule is CCC(C(=O)CC1CCOCC1)c1ccccc1. The molecule has 0 bridgehead atoms. The van der Waals surface area contributed by atoms with Gasteiger partial charge in [-0.25, -0.2) is 0 Å². The molecule has 1 aromatic rings. The van der Waals surface area contributed by atoms with Crippen molar-refractivity contribution in [2.45, 2.75) is 38.5 Å². The standard InChI is InChI=1S/C16H22O2/c1-2-15(14-6-4-3-5-7-14)16(17)12-13-8-10-18-11-9-13/h3-7,13,15H,2,8-12H2,1H3. The van der Waals surface area contributed by atoms with E-state index in [4.69, 9.17) is 4.74 Å². The summed E-state index contributed by atoms with van der Waals surface area (Å²) in [5.41, 5.74) is 1.16. The van der Waals surface area contributed by atoms with Crippen LogP contribution >= 0.6 is 0 Å². The summed E-state index contributed by atoms with van der Waals surface area (Å²) in [6, 6.07) is 10.2. The fourth-order valence-electron chi connectivity index (χ4n) is 2.71. The average Bonchev–Trinajstić information content (AvgIpc) is 2.42. The van der Waals surface area contributed by atoms with Crippen molar-refractivity contribution in [3.05, 3.63) is 35.9 Å². The number of benzene rings is 1. The average molecular weight is 246 g/mol. The minimum absolute atomic E-state index is 0.0778. The highest BCUT2D eigenvalue weighted by Gasteiger charge is 2.23. The number of ketones is 1. The molecule has 1 aromatic carbocycles. The van der Waals surface area contributed by atoms with Gasteiger partial charge in [-0.1, -0.05) is 37.3 Å². The maximum Gasteiger partial charge on any atom is 0.140 e. The smallest absolute Gasteiger partial charge is 0.140 e. The van der Waals surface area contributed by atoms with Crippen molar-refractivity contribution in [2.75, 3.05) is 13.2 Å². The summed E-state index contributed by atoms with van der Waals surface area (Å²) in [5.74, 6) is 1.01. The normalized spacial score (nSPS) is 18.5. The van der Waals surface area contributed by atoms with Crippen LogP contribution in [-0.2, 0) is 9.53 Å². The van der Waals surface area contributed by atoms with E-state index in [1.54, 1.807) is 0 Å². The number of carbonyl (C=O) groups is 1. The first kappa shape index (κ1) is 13.3. The topological polar surface area (TPSA) is 26.3 Å². The molecule has 0 aromatic heterocycles. The number of Topliss-reactive ketones (excluding diaryl/α,β-unsaturated/α-hetero) is 1. The van der Waals surface area contributed by atoms with Gasteiger partial charge in [0.2, 0.25) is 0 Å². The first-order valence-corrected chi connectivity index (χ1v) is 6.96. The van der Waals surface area contributed by atoms with Gasteiger partial charge >= 0.3 is 0 Å². The van der Waals surface area contributed by atoms with Crippen LogP contribution in [-0.4, -0.2) is 19.0 Å². The third kappa shape index (κ3) is 3.42. The van der Waals surface area contributed by atoms with Crippen LogP contribution in [0.1, 0.15) is 44.1 Å². The zero-order valence-electron chi connectivity index (χ0n) is 11.1. The van der Waals surface area contributed by atoms with Crippen molar-refractivity contribution in [2.24, 2.45) is 5.92 Å². The number of rotatable bonds is 5. The van der Waals surface area contributed by atoms with Crippen molar-refractivity contribution < 1.29 is 9.53 Å². The van der Waals surface area contributed by atoms with E-state index >= 15 is 0 Å². The predicted molar refractivity (Wildman–Crippen MR) is 72.6 cm³/mol. The third-order valence-corrected chi connectivity index (χ3v) is 3.83. The van der Waals surface area contributed by atoms with Crippen molar-refractivity contribution in [3.63, 3.8) is 0 Å². The van der Waals surface area contributed by atoms with Crippen LogP contribution in [0.5, 0.6) is 0 Å². The minimum Gasteiger partial charge on any atom is -0.381 e. The van der Waals surface area contributed by atoms with Gasteiger partial charge in [0.25, 0.3) is 0 Å². The summed E-state index contributed by atoms with van der Waals surface area (Å²) >= 11 is 0. The fraction of sp³-hybridized carbons (Fsp3) is 0.562. The van der Waals surface area contributed by atoms with Crippen LogP contribution in [0.25, 0.3) is 0 Å². The van der Waals surface area contributed by atoms with Gasteiger partial charge in [-0.2, -0.15) is 0 Å². The molecule has 18 heavy (non-hydrogen) atoms. The Hall–Kier alpha value is -1.15. The second-order valence-electron chi connectivity index (χ2n) is 5.10. The zero-order valence-corrected chi connectivity index (χ0v) is 11.1. The summed E-state index contributed by atoms with van der Waals surface area (Å²) in [5, 5.41) is 0. The highest BCUT2D eigenvalue weighted by molar-refractivity contribution is 5.85. The molecular formula is C16H22O2. The van der Waals surface area contributed by atoms with Crippen LogP contribution in [0.4, 0.5) is 0 Å². The van der Waals surface area contributed by atoms with Crippen molar-refractivity contribution >= 4 is 5.78 Å². The number of carbonyl (C=O) groups excluding carboxylic acids is 1. The first-order valence-electron chi connectivity index (χ1n) is 6.96. The first-order chi connectivity index (χ1) is 8.81. The lowest BCUT2D eigenvalue weighted by molar-refractivity contribution is -0.122. The van der Waals surface area contributed by atoms with Crippen LogP contribution in [0.15, 0.2) is 30.3 Å². The molecule has 0 saturated carbocycles. The molecule has 1 unspecified atom stereocenters. The highest BCUT2D eigenvalue weighted by Crippen LogP contribution is 2.26. The van der Waals surface area contributed by atoms with Gasteiger partial charge in [-0.15, -0.1) is 0 Å². The molecular weight excluding hydrogens is 224 g/mol. The second-order valence-corrected chi connectivity index (χ2v) is 5.10.